The summed E-state index contributed by atoms with van der Waals surface area (Å²) in [5, 5.41) is 12.2. The van der Waals surface area contributed by atoms with Gasteiger partial charge in [0.05, 0.1) is 6.26 Å². The molecule has 2 N–H and O–H groups in total. The Hall–Kier alpha value is -0.170. The van der Waals surface area contributed by atoms with Crippen molar-refractivity contribution in [3.05, 3.63) is 0 Å². The number of hydrogen-bond donors (Lipinski definition) is 2. The number of piperidine rings is 1. The Labute approximate surface area is 104 Å². The minimum absolute atomic E-state index is 0.188. The molecule has 1 fully saturated rings. The molecule has 1 heterocycles. The zero-order valence-corrected chi connectivity index (χ0v) is 11.5. The van der Waals surface area contributed by atoms with Crippen LogP contribution in [0.5, 0.6) is 0 Å². The van der Waals surface area contributed by atoms with Gasteiger partial charge in [0, 0.05) is 19.7 Å². The third kappa shape index (κ3) is 5.33. The molecule has 1 aliphatic heterocycles. The summed E-state index contributed by atoms with van der Waals surface area (Å²) in [7, 11) is -3.04. The van der Waals surface area contributed by atoms with Gasteiger partial charge in [0.2, 0.25) is 10.0 Å². The summed E-state index contributed by atoms with van der Waals surface area (Å²) < 4.78 is 24.4. The number of nitrogens with one attached hydrogen (secondary N) is 1. The van der Waals surface area contributed by atoms with Crippen molar-refractivity contribution in [2.24, 2.45) is 11.8 Å². The summed E-state index contributed by atoms with van der Waals surface area (Å²) in [5.41, 5.74) is 0. The Kier molecular flexibility index (Phi) is 5.85. The summed E-state index contributed by atoms with van der Waals surface area (Å²) >= 11 is 0. The van der Waals surface area contributed by atoms with Crippen LogP contribution in [0.4, 0.5) is 0 Å². The summed E-state index contributed by atoms with van der Waals surface area (Å²) in [5.74, 6) is 0.647. The van der Waals surface area contributed by atoms with Gasteiger partial charge in [-0.1, -0.05) is 6.92 Å². The molecule has 0 aromatic rings. The molecule has 0 aromatic heterocycles. The van der Waals surface area contributed by atoms with Crippen LogP contribution in [0.2, 0.25) is 0 Å². The highest BCUT2D eigenvalue weighted by atomic mass is 32.2. The molecule has 0 bridgehead atoms. The molecule has 0 aromatic carbocycles. The van der Waals surface area contributed by atoms with Gasteiger partial charge in [-0.25, -0.2) is 12.7 Å². The first-order valence-corrected chi connectivity index (χ1v) is 8.05. The van der Waals surface area contributed by atoms with Crippen molar-refractivity contribution in [3.63, 3.8) is 0 Å². The first kappa shape index (κ1) is 14.9. The molecule has 2 atom stereocenters. The fourth-order valence-corrected chi connectivity index (χ4v) is 3.04. The standard InChI is InChI=1S/C11H24N2O3S/c1-10(9-14)6-12-7-11-4-3-5-13(8-11)17(2,15)16/h10-12,14H,3-9H2,1-2H3. The Morgan fingerprint density at radius 3 is 2.82 bits per heavy atom. The van der Waals surface area contributed by atoms with Crippen LogP contribution in [-0.2, 0) is 10.0 Å². The first-order valence-electron chi connectivity index (χ1n) is 6.20. The molecular weight excluding hydrogens is 240 g/mol. The average molecular weight is 264 g/mol. The Balaban J connectivity index is 2.30. The van der Waals surface area contributed by atoms with Crippen LogP contribution >= 0.6 is 0 Å². The molecule has 6 heteroatoms. The zero-order chi connectivity index (χ0) is 12.9. The molecule has 102 valence electrons. The highest BCUT2D eigenvalue weighted by Gasteiger charge is 2.25. The van der Waals surface area contributed by atoms with Crippen LogP contribution in [0, 0.1) is 11.8 Å². The van der Waals surface area contributed by atoms with Gasteiger partial charge in [-0.2, -0.15) is 0 Å². The van der Waals surface area contributed by atoms with E-state index < -0.39 is 10.0 Å². The van der Waals surface area contributed by atoms with Crippen molar-refractivity contribution in [3.8, 4) is 0 Å². The molecule has 0 radical (unpaired) electrons. The number of hydrogen-bond acceptors (Lipinski definition) is 4. The number of nitrogens with zero attached hydrogens (tertiary/aromatic N) is 1. The molecule has 0 spiro atoms. The fourth-order valence-electron chi connectivity index (χ4n) is 2.09. The van der Waals surface area contributed by atoms with Gasteiger partial charge < -0.3 is 10.4 Å². The molecule has 17 heavy (non-hydrogen) atoms. The van der Waals surface area contributed by atoms with Crippen LogP contribution in [0.15, 0.2) is 0 Å². The van der Waals surface area contributed by atoms with Crippen molar-refractivity contribution in [2.45, 2.75) is 19.8 Å². The normalized spacial score (nSPS) is 24.8. The summed E-state index contributed by atoms with van der Waals surface area (Å²) in [6, 6.07) is 0. The quantitative estimate of drug-likeness (QED) is 0.701. The highest BCUT2D eigenvalue weighted by Crippen LogP contribution is 2.17. The van der Waals surface area contributed by atoms with Crippen LogP contribution < -0.4 is 5.32 Å². The maximum Gasteiger partial charge on any atom is 0.211 e. The van der Waals surface area contributed by atoms with E-state index in [0.717, 1.165) is 25.9 Å². The molecule has 2 unspecified atom stereocenters. The largest absolute Gasteiger partial charge is 0.396 e. The summed E-state index contributed by atoms with van der Waals surface area (Å²) in [6.07, 6.45) is 3.29. The molecular formula is C11H24N2O3S. The lowest BCUT2D eigenvalue weighted by atomic mass is 9.99. The zero-order valence-electron chi connectivity index (χ0n) is 10.7. The monoisotopic (exact) mass is 264 g/mol. The number of aliphatic hydroxyl groups is 1. The second kappa shape index (κ2) is 6.68. The van der Waals surface area contributed by atoms with Gasteiger partial charge in [0.15, 0.2) is 0 Å². The van der Waals surface area contributed by atoms with Gasteiger partial charge in [-0.05, 0) is 37.8 Å². The minimum Gasteiger partial charge on any atom is -0.396 e. The van der Waals surface area contributed by atoms with Crippen molar-refractivity contribution in [1.82, 2.24) is 9.62 Å². The van der Waals surface area contributed by atoms with Crippen LogP contribution in [0.1, 0.15) is 19.8 Å². The molecule has 1 rings (SSSR count). The third-order valence-electron chi connectivity index (χ3n) is 3.19. The van der Waals surface area contributed by atoms with E-state index in [9.17, 15) is 8.42 Å². The smallest absolute Gasteiger partial charge is 0.211 e. The maximum absolute atomic E-state index is 11.4. The van der Waals surface area contributed by atoms with E-state index in [4.69, 9.17) is 5.11 Å². The van der Waals surface area contributed by atoms with Gasteiger partial charge >= 0.3 is 0 Å². The second-order valence-corrected chi connectivity index (χ2v) is 7.06. The van der Waals surface area contributed by atoms with Crippen molar-refractivity contribution < 1.29 is 13.5 Å². The summed E-state index contributed by atoms with van der Waals surface area (Å²) in [4.78, 5) is 0. The van der Waals surface area contributed by atoms with Crippen LogP contribution in [0.3, 0.4) is 0 Å². The van der Waals surface area contributed by atoms with Gasteiger partial charge in [-0.3, -0.25) is 0 Å². The molecule has 0 saturated carbocycles. The molecule has 1 aliphatic rings. The van der Waals surface area contributed by atoms with Crippen molar-refractivity contribution in [2.75, 3.05) is 39.0 Å². The topological polar surface area (TPSA) is 69.6 Å². The Bertz CT molecular complexity index is 319. The number of rotatable bonds is 6. The van der Waals surface area contributed by atoms with E-state index in [1.54, 1.807) is 4.31 Å². The van der Waals surface area contributed by atoms with E-state index in [-0.39, 0.29) is 12.5 Å². The van der Waals surface area contributed by atoms with E-state index >= 15 is 0 Å². The lowest BCUT2D eigenvalue weighted by Crippen LogP contribution is -2.42. The average Bonchev–Trinajstić information content (AvgIpc) is 2.28. The maximum atomic E-state index is 11.4. The predicted octanol–water partition coefficient (Wildman–Crippen LogP) is -0.124. The molecule has 0 amide bonds. The van der Waals surface area contributed by atoms with Gasteiger partial charge in [-0.15, -0.1) is 0 Å². The van der Waals surface area contributed by atoms with Gasteiger partial charge in [0.25, 0.3) is 0 Å². The lowest BCUT2D eigenvalue weighted by molar-refractivity contribution is 0.223. The molecule has 5 nitrogen and oxygen atoms in total. The van der Waals surface area contributed by atoms with E-state index in [1.807, 2.05) is 6.92 Å². The van der Waals surface area contributed by atoms with E-state index in [1.165, 1.54) is 6.26 Å². The van der Waals surface area contributed by atoms with Crippen molar-refractivity contribution in [1.29, 1.82) is 0 Å². The lowest BCUT2D eigenvalue weighted by Gasteiger charge is -2.31. The Morgan fingerprint density at radius 1 is 1.53 bits per heavy atom. The first-order chi connectivity index (χ1) is 7.93. The van der Waals surface area contributed by atoms with Crippen molar-refractivity contribution >= 4 is 10.0 Å². The van der Waals surface area contributed by atoms with E-state index in [2.05, 4.69) is 5.32 Å². The van der Waals surface area contributed by atoms with Crippen LogP contribution in [0.25, 0.3) is 0 Å². The van der Waals surface area contributed by atoms with Gasteiger partial charge in [0.1, 0.15) is 0 Å². The Morgan fingerprint density at radius 2 is 2.24 bits per heavy atom. The SMILES string of the molecule is CC(CO)CNCC1CCCN(S(C)(=O)=O)C1. The molecule has 1 saturated heterocycles. The fraction of sp³-hybridized carbons (Fsp3) is 1.00. The van der Waals surface area contributed by atoms with Crippen LogP contribution in [-0.4, -0.2) is 56.9 Å². The second-order valence-electron chi connectivity index (χ2n) is 5.08. The third-order valence-corrected chi connectivity index (χ3v) is 4.46. The number of sulfonamides is 1. The molecule has 0 aliphatic carbocycles. The minimum atomic E-state index is -3.04. The van der Waals surface area contributed by atoms with E-state index in [0.29, 0.717) is 19.0 Å². The number of aliphatic hydroxyl groups excluding tert-OH is 1. The predicted molar refractivity (Wildman–Crippen MR) is 68.3 cm³/mol. The summed E-state index contributed by atoms with van der Waals surface area (Å²) in [6.45, 7) is 5.06. The highest BCUT2D eigenvalue weighted by molar-refractivity contribution is 7.88.